The van der Waals surface area contributed by atoms with Gasteiger partial charge >= 0.3 is 5.69 Å². The molecule has 258 valence electrons. The average Bonchev–Trinajstić information content (AvgIpc) is 3.73. The van der Waals surface area contributed by atoms with Crippen molar-refractivity contribution in [3.63, 3.8) is 0 Å². The molecule has 3 aromatic carbocycles. The normalized spacial score (nSPS) is 20.1. The SMILES string of the molecule is C=C/C=N\N(C)CC1(c2ccc(C)cc2)OCC(COc2ccc(N3CCN(c4ccc(-n5cnn(C(C)CC)c5=O)cc4)CC3)cc2)O1. The van der Waals surface area contributed by atoms with Crippen LogP contribution in [0.3, 0.4) is 0 Å². The number of allylic oxidation sites excluding steroid dienone is 1. The minimum atomic E-state index is -0.945. The molecule has 1 aromatic heterocycles. The second-order valence-electron chi connectivity index (χ2n) is 12.8. The molecule has 11 nitrogen and oxygen atoms in total. The van der Waals surface area contributed by atoms with Crippen LogP contribution in [0.1, 0.15) is 37.4 Å². The number of piperazine rings is 1. The van der Waals surface area contributed by atoms with Crippen molar-refractivity contribution in [2.24, 2.45) is 5.10 Å². The van der Waals surface area contributed by atoms with E-state index in [4.69, 9.17) is 14.2 Å². The molecule has 2 aliphatic heterocycles. The van der Waals surface area contributed by atoms with Crippen LogP contribution in [0.15, 0.2) is 102 Å². The minimum absolute atomic E-state index is 0.0712. The van der Waals surface area contributed by atoms with Crippen molar-refractivity contribution in [3.8, 4) is 11.4 Å². The van der Waals surface area contributed by atoms with Gasteiger partial charge in [0.15, 0.2) is 0 Å². The van der Waals surface area contributed by atoms with Crippen molar-refractivity contribution in [2.45, 2.75) is 45.1 Å². The molecule has 0 bridgehead atoms. The Balaban J connectivity index is 1.01. The zero-order valence-corrected chi connectivity index (χ0v) is 28.9. The number of hydrazone groups is 1. The van der Waals surface area contributed by atoms with Crippen LogP contribution >= 0.6 is 0 Å². The van der Waals surface area contributed by atoms with Crippen molar-refractivity contribution in [1.82, 2.24) is 19.4 Å². The Morgan fingerprint density at radius 1 is 1.00 bits per heavy atom. The molecule has 0 amide bonds. The average molecular weight is 666 g/mol. The van der Waals surface area contributed by atoms with E-state index in [0.717, 1.165) is 55.3 Å². The molecule has 6 rings (SSSR count). The van der Waals surface area contributed by atoms with Crippen LogP contribution in [-0.4, -0.2) is 84.7 Å². The fraction of sp³-hybridized carbons (Fsp3) is 0.395. The third-order valence-electron chi connectivity index (χ3n) is 9.27. The van der Waals surface area contributed by atoms with Crippen molar-refractivity contribution < 1.29 is 14.2 Å². The highest BCUT2D eigenvalue weighted by Gasteiger charge is 2.44. The number of aromatic nitrogens is 3. The van der Waals surface area contributed by atoms with Crippen LogP contribution in [0, 0.1) is 6.92 Å². The molecule has 3 unspecified atom stereocenters. The molecule has 3 heterocycles. The standard InChI is InChI=1S/C38H47N7O4/c1-6-20-39-41(5)27-38(31-10-8-29(3)9-11-31)48-26-36(49-38)25-47-35-18-16-33(17-19-35)43-23-21-42(22-24-43)32-12-14-34(15-13-32)44-28-40-45(37(44)46)30(4)7-2/h6,8-20,28,30,36H,1,7,21-27H2,2-5H3/b39-20-. The van der Waals surface area contributed by atoms with Crippen molar-refractivity contribution >= 4 is 17.6 Å². The van der Waals surface area contributed by atoms with E-state index in [1.807, 2.05) is 50.4 Å². The zero-order valence-electron chi connectivity index (χ0n) is 28.9. The van der Waals surface area contributed by atoms with Gasteiger partial charge in [-0.25, -0.2) is 14.0 Å². The summed E-state index contributed by atoms with van der Waals surface area (Å²) in [5, 5.41) is 10.5. The van der Waals surface area contributed by atoms with Crippen LogP contribution < -0.4 is 20.2 Å². The topological polar surface area (TPSA) is 89.6 Å². The van der Waals surface area contributed by atoms with Crippen molar-refractivity contribution in [1.29, 1.82) is 0 Å². The van der Waals surface area contributed by atoms with Gasteiger partial charge in [-0.15, -0.1) is 0 Å². The lowest BCUT2D eigenvalue weighted by molar-refractivity contribution is -0.189. The molecule has 11 heteroatoms. The van der Waals surface area contributed by atoms with E-state index in [2.05, 4.69) is 76.8 Å². The Kier molecular flexibility index (Phi) is 10.5. The largest absolute Gasteiger partial charge is 0.491 e. The summed E-state index contributed by atoms with van der Waals surface area (Å²) in [6.45, 7) is 14.7. The Hall–Kier alpha value is -4.87. The second kappa shape index (κ2) is 15.1. The van der Waals surface area contributed by atoms with Gasteiger partial charge in [0, 0.05) is 56.4 Å². The van der Waals surface area contributed by atoms with Gasteiger partial charge in [0.1, 0.15) is 24.8 Å². The first-order valence-electron chi connectivity index (χ1n) is 17.0. The maximum atomic E-state index is 12.8. The first kappa shape index (κ1) is 34.0. The third kappa shape index (κ3) is 7.73. The molecule has 0 spiro atoms. The molecule has 2 saturated heterocycles. The maximum absolute atomic E-state index is 12.8. The highest BCUT2D eigenvalue weighted by Crippen LogP contribution is 2.36. The van der Waals surface area contributed by atoms with Crippen LogP contribution in [-0.2, 0) is 15.3 Å². The fourth-order valence-corrected chi connectivity index (χ4v) is 6.24. The highest BCUT2D eigenvalue weighted by atomic mass is 16.8. The van der Waals surface area contributed by atoms with Crippen molar-refractivity contribution in [3.05, 3.63) is 113 Å². The lowest BCUT2D eigenvalue weighted by Crippen LogP contribution is -2.46. The molecule has 3 atom stereocenters. The van der Waals surface area contributed by atoms with Gasteiger partial charge in [0.05, 0.1) is 24.9 Å². The number of hydrogen-bond acceptors (Lipinski definition) is 9. The summed E-state index contributed by atoms with van der Waals surface area (Å²) >= 11 is 0. The number of benzene rings is 3. The van der Waals surface area contributed by atoms with Gasteiger partial charge in [-0.05, 0) is 74.9 Å². The Bertz CT molecular complexity index is 1760. The van der Waals surface area contributed by atoms with E-state index >= 15 is 0 Å². The molecule has 2 aliphatic rings. The molecular weight excluding hydrogens is 618 g/mol. The Morgan fingerprint density at radius 3 is 2.22 bits per heavy atom. The molecular formula is C38H47N7O4. The Morgan fingerprint density at radius 2 is 1.61 bits per heavy atom. The number of likely N-dealkylation sites (N-methyl/N-ethyl adjacent to an activating group) is 1. The van der Waals surface area contributed by atoms with E-state index < -0.39 is 5.79 Å². The maximum Gasteiger partial charge on any atom is 0.350 e. The Labute approximate surface area is 288 Å². The highest BCUT2D eigenvalue weighted by molar-refractivity contribution is 5.69. The first-order valence-corrected chi connectivity index (χ1v) is 17.0. The number of anilines is 2. The van der Waals surface area contributed by atoms with Gasteiger partial charge < -0.3 is 24.0 Å². The lowest BCUT2D eigenvalue weighted by atomic mass is 10.0. The first-order chi connectivity index (χ1) is 23.8. The zero-order chi connectivity index (χ0) is 34.4. The molecule has 0 N–H and O–H groups in total. The summed E-state index contributed by atoms with van der Waals surface area (Å²) in [6.07, 6.45) is 5.52. The summed E-state index contributed by atoms with van der Waals surface area (Å²) < 4.78 is 22.2. The van der Waals surface area contributed by atoms with E-state index in [1.165, 1.54) is 11.3 Å². The van der Waals surface area contributed by atoms with Crippen LogP contribution in [0.4, 0.5) is 11.4 Å². The van der Waals surface area contributed by atoms with Gasteiger partial charge in [0.25, 0.3) is 0 Å². The van der Waals surface area contributed by atoms with Gasteiger partial charge in [-0.1, -0.05) is 43.3 Å². The van der Waals surface area contributed by atoms with E-state index in [1.54, 1.807) is 32.9 Å². The smallest absolute Gasteiger partial charge is 0.350 e. The summed E-state index contributed by atoms with van der Waals surface area (Å²) in [5.74, 6) is -0.153. The molecule has 0 radical (unpaired) electrons. The van der Waals surface area contributed by atoms with Crippen molar-refractivity contribution in [2.75, 3.05) is 62.8 Å². The minimum Gasteiger partial charge on any atom is -0.491 e. The van der Waals surface area contributed by atoms with E-state index in [9.17, 15) is 4.79 Å². The molecule has 0 aliphatic carbocycles. The second-order valence-corrected chi connectivity index (χ2v) is 12.8. The van der Waals surface area contributed by atoms with Crippen LogP contribution in [0.25, 0.3) is 5.69 Å². The molecule has 49 heavy (non-hydrogen) atoms. The summed E-state index contributed by atoms with van der Waals surface area (Å²) in [7, 11) is 1.89. The summed E-state index contributed by atoms with van der Waals surface area (Å²) in [5.41, 5.74) is 5.15. The predicted molar refractivity (Wildman–Crippen MR) is 194 cm³/mol. The van der Waals surface area contributed by atoms with E-state index in [-0.39, 0.29) is 17.8 Å². The third-order valence-corrected chi connectivity index (χ3v) is 9.27. The number of aryl methyl sites for hydroxylation is 1. The number of ether oxygens (including phenoxy) is 3. The van der Waals surface area contributed by atoms with Gasteiger partial charge in [-0.2, -0.15) is 10.2 Å². The quantitative estimate of drug-likeness (QED) is 0.139. The van der Waals surface area contributed by atoms with Gasteiger partial charge in [-0.3, -0.25) is 5.01 Å². The predicted octanol–water partition coefficient (Wildman–Crippen LogP) is 5.39. The lowest BCUT2D eigenvalue weighted by Gasteiger charge is -2.37. The fourth-order valence-electron chi connectivity index (χ4n) is 6.24. The van der Waals surface area contributed by atoms with Gasteiger partial charge in [0.2, 0.25) is 5.79 Å². The van der Waals surface area contributed by atoms with Crippen LogP contribution in [0.5, 0.6) is 5.75 Å². The number of nitrogens with zero attached hydrogens (tertiary/aromatic N) is 7. The monoisotopic (exact) mass is 665 g/mol. The van der Waals surface area contributed by atoms with Crippen LogP contribution in [0.2, 0.25) is 0 Å². The summed E-state index contributed by atoms with van der Waals surface area (Å²) in [4.78, 5) is 17.6. The summed E-state index contributed by atoms with van der Waals surface area (Å²) in [6, 6.07) is 24.7. The number of hydrogen-bond donors (Lipinski definition) is 0. The number of rotatable bonds is 13. The molecule has 0 saturated carbocycles. The molecule has 4 aromatic rings. The molecule has 2 fully saturated rings. The van der Waals surface area contributed by atoms with E-state index in [0.29, 0.717) is 19.8 Å².